The third kappa shape index (κ3) is 21.0. The van der Waals surface area contributed by atoms with Crippen molar-refractivity contribution in [1.82, 2.24) is 0 Å². The molecule has 0 fully saturated rings. The Balaban J connectivity index is 3.38. The summed E-state index contributed by atoms with van der Waals surface area (Å²) in [5, 5.41) is 9.26. The first-order chi connectivity index (χ1) is 13.7. The maximum atomic E-state index is 10.6. The van der Waals surface area contributed by atoms with Crippen molar-refractivity contribution >= 4 is 5.91 Å². The third-order valence-electron chi connectivity index (χ3n) is 5.04. The zero-order valence-corrected chi connectivity index (χ0v) is 18.3. The van der Waals surface area contributed by atoms with E-state index in [-0.39, 0.29) is 5.91 Å². The summed E-state index contributed by atoms with van der Waals surface area (Å²) in [6, 6.07) is 0. The Morgan fingerprint density at radius 1 is 0.786 bits per heavy atom. The molecular weight excluding hydrogens is 346 g/mol. The topological polar surface area (TPSA) is 63.3 Å². The highest BCUT2D eigenvalue weighted by atomic mass is 16.3. The second kappa shape index (κ2) is 21.9. The summed E-state index contributed by atoms with van der Waals surface area (Å²) < 4.78 is 0. The van der Waals surface area contributed by atoms with Crippen LogP contribution in [0.1, 0.15) is 103 Å². The Hall–Kier alpha value is -1.35. The highest BCUT2D eigenvalue weighted by Crippen LogP contribution is 2.13. The number of hydrogen-bond acceptors (Lipinski definition) is 2. The van der Waals surface area contributed by atoms with Gasteiger partial charge in [-0.05, 0) is 57.3 Å². The van der Waals surface area contributed by atoms with Gasteiger partial charge in [-0.15, -0.1) is 0 Å². The van der Waals surface area contributed by atoms with Crippen molar-refractivity contribution in [3.05, 3.63) is 36.5 Å². The Kier molecular flexibility index (Phi) is 20.9. The minimum Gasteiger partial charge on any atom is -0.396 e. The number of aliphatic hydroxyl groups excluding tert-OH is 1. The first-order valence-electron chi connectivity index (χ1n) is 11.5. The number of allylic oxidation sites excluding steroid dienone is 6. The van der Waals surface area contributed by atoms with Gasteiger partial charge < -0.3 is 10.8 Å². The molecule has 0 radical (unpaired) electrons. The predicted molar refractivity (Wildman–Crippen MR) is 122 cm³/mol. The molecule has 28 heavy (non-hydrogen) atoms. The van der Waals surface area contributed by atoms with E-state index in [4.69, 9.17) is 5.73 Å². The molecule has 0 saturated heterocycles. The second-order valence-corrected chi connectivity index (χ2v) is 7.78. The largest absolute Gasteiger partial charge is 0.396 e. The van der Waals surface area contributed by atoms with Gasteiger partial charge in [-0.1, -0.05) is 81.9 Å². The van der Waals surface area contributed by atoms with Crippen LogP contribution in [0, 0.1) is 5.92 Å². The number of amides is 1. The van der Waals surface area contributed by atoms with Crippen LogP contribution in [0.15, 0.2) is 36.5 Å². The van der Waals surface area contributed by atoms with Crippen molar-refractivity contribution in [3.8, 4) is 0 Å². The molecule has 0 saturated carbocycles. The average molecular weight is 392 g/mol. The molecule has 0 spiro atoms. The van der Waals surface area contributed by atoms with E-state index in [9.17, 15) is 9.90 Å². The van der Waals surface area contributed by atoms with Crippen LogP contribution in [-0.4, -0.2) is 17.6 Å². The Morgan fingerprint density at radius 3 is 1.89 bits per heavy atom. The highest BCUT2D eigenvalue weighted by molar-refractivity contribution is 5.73. The smallest absolute Gasteiger partial charge is 0.217 e. The van der Waals surface area contributed by atoms with Crippen LogP contribution >= 0.6 is 0 Å². The van der Waals surface area contributed by atoms with Crippen molar-refractivity contribution in [3.63, 3.8) is 0 Å². The summed E-state index contributed by atoms with van der Waals surface area (Å²) in [7, 11) is 0. The van der Waals surface area contributed by atoms with Gasteiger partial charge in [0.05, 0.1) is 0 Å². The van der Waals surface area contributed by atoms with E-state index >= 15 is 0 Å². The van der Waals surface area contributed by atoms with Gasteiger partial charge in [-0.25, -0.2) is 0 Å². The normalized spacial score (nSPS) is 13.2. The van der Waals surface area contributed by atoms with E-state index in [2.05, 4.69) is 43.4 Å². The lowest BCUT2D eigenvalue weighted by molar-refractivity contribution is -0.118. The van der Waals surface area contributed by atoms with Gasteiger partial charge in [0.1, 0.15) is 0 Å². The molecule has 0 aromatic rings. The number of carbonyl (C=O) groups is 1. The van der Waals surface area contributed by atoms with E-state index in [1.807, 2.05) is 0 Å². The molecular formula is C25H45NO2. The van der Waals surface area contributed by atoms with E-state index in [0.29, 0.717) is 18.9 Å². The van der Waals surface area contributed by atoms with Crippen molar-refractivity contribution in [2.45, 2.75) is 103 Å². The van der Waals surface area contributed by atoms with Gasteiger partial charge >= 0.3 is 0 Å². The second-order valence-electron chi connectivity index (χ2n) is 7.78. The van der Waals surface area contributed by atoms with E-state index in [1.54, 1.807) is 0 Å². The fourth-order valence-electron chi connectivity index (χ4n) is 3.29. The lowest BCUT2D eigenvalue weighted by Gasteiger charge is -2.10. The van der Waals surface area contributed by atoms with E-state index in [0.717, 1.165) is 51.4 Å². The Labute approximate surface area is 174 Å². The minimum absolute atomic E-state index is 0.173. The molecule has 1 unspecified atom stereocenters. The van der Waals surface area contributed by atoms with Crippen LogP contribution in [0.3, 0.4) is 0 Å². The molecule has 0 aliphatic rings. The first kappa shape index (κ1) is 26.6. The highest BCUT2D eigenvalue weighted by Gasteiger charge is 2.03. The summed E-state index contributed by atoms with van der Waals surface area (Å²) >= 11 is 0. The van der Waals surface area contributed by atoms with Gasteiger partial charge in [-0.2, -0.15) is 0 Å². The fraction of sp³-hybridized carbons (Fsp3) is 0.720. The summed E-state index contributed by atoms with van der Waals surface area (Å²) in [6.45, 7) is 2.50. The predicted octanol–water partition coefficient (Wildman–Crippen LogP) is 6.62. The van der Waals surface area contributed by atoms with Gasteiger partial charge in [0, 0.05) is 13.0 Å². The number of primary amides is 1. The molecule has 0 aromatic carbocycles. The summed E-state index contributed by atoms with van der Waals surface area (Å²) in [5.74, 6) is 0.302. The van der Waals surface area contributed by atoms with Crippen LogP contribution in [0.5, 0.6) is 0 Å². The molecule has 1 atom stereocenters. The number of unbranched alkanes of at least 4 members (excludes halogenated alkanes) is 7. The molecule has 0 heterocycles. The van der Waals surface area contributed by atoms with Crippen LogP contribution in [-0.2, 0) is 4.79 Å². The number of aliphatic hydroxyl groups is 1. The molecule has 3 N–H and O–H groups in total. The van der Waals surface area contributed by atoms with Crippen LogP contribution < -0.4 is 5.73 Å². The molecule has 0 rings (SSSR count). The Bertz CT molecular complexity index is 426. The SMILES string of the molecule is CCCC(CO)CC/C=C\C/C=C\C/C=C\CCCCCCCCCC(N)=O. The molecule has 0 aliphatic heterocycles. The Morgan fingerprint density at radius 2 is 1.32 bits per heavy atom. The van der Waals surface area contributed by atoms with Gasteiger partial charge in [0.15, 0.2) is 0 Å². The van der Waals surface area contributed by atoms with Gasteiger partial charge in [0.2, 0.25) is 5.91 Å². The van der Waals surface area contributed by atoms with Crippen molar-refractivity contribution in [2.75, 3.05) is 6.61 Å². The number of rotatable bonds is 20. The number of nitrogens with two attached hydrogens (primary N) is 1. The van der Waals surface area contributed by atoms with Gasteiger partial charge in [0.25, 0.3) is 0 Å². The number of hydrogen-bond donors (Lipinski definition) is 2. The van der Waals surface area contributed by atoms with Gasteiger partial charge in [-0.3, -0.25) is 4.79 Å². The van der Waals surface area contributed by atoms with E-state index in [1.165, 1.54) is 38.5 Å². The molecule has 3 heteroatoms. The lowest BCUT2D eigenvalue weighted by atomic mass is 9.99. The molecule has 0 aromatic heterocycles. The fourth-order valence-corrected chi connectivity index (χ4v) is 3.29. The maximum Gasteiger partial charge on any atom is 0.217 e. The summed E-state index contributed by atoms with van der Waals surface area (Å²) in [4.78, 5) is 10.6. The maximum absolute atomic E-state index is 10.6. The lowest BCUT2D eigenvalue weighted by Crippen LogP contribution is -2.09. The van der Waals surface area contributed by atoms with Crippen molar-refractivity contribution < 1.29 is 9.90 Å². The van der Waals surface area contributed by atoms with Crippen LogP contribution in [0.4, 0.5) is 0 Å². The molecule has 3 nitrogen and oxygen atoms in total. The average Bonchev–Trinajstić information content (AvgIpc) is 2.68. The zero-order chi connectivity index (χ0) is 20.7. The first-order valence-corrected chi connectivity index (χ1v) is 11.5. The van der Waals surface area contributed by atoms with Crippen LogP contribution in [0.2, 0.25) is 0 Å². The molecule has 162 valence electrons. The number of carbonyl (C=O) groups excluding carboxylic acids is 1. The zero-order valence-electron chi connectivity index (χ0n) is 18.3. The summed E-state index contributed by atoms with van der Waals surface area (Å²) in [5.41, 5.74) is 5.13. The standard InChI is InChI=1S/C25H45NO2/c1-2-20-24(23-27)21-18-16-14-12-10-8-6-4-3-5-7-9-11-13-15-17-19-22-25(26)28/h3-4,8,10,14,16,24,27H,2,5-7,9,11-13,15,17-23H2,1H3,(H2,26,28)/b4-3-,10-8-,16-14-. The quantitative estimate of drug-likeness (QED) is 0.181. The molecule has 0 aliphatic carbocycles. The minimum atomic E-state index is -0.173. The molecule has 1 amide bonds. The monoisotopic (exact) mass is 391 g/mol. The molecule has 0 bridgehead atoms. The van der Waals surface area contributed by atoms with E-state index < -0.39 is 0 Å². The van der Waals surface area contributed by atoms with Crippen molar-refractivity contribution in [1.29, 1.82) is 0 Å². The third-order valence-corrected chi connectivity index (χ3v) is 5.04. The van der Waals surface area contributed by atoms with Crippen molar-refractivity contribution in [2.24, 2.45) is 11.7 Å². The van der Waals surface area contributed by atoms with Crippen LogP contribution in [0.25, 0.3) is 0 Å². The summed E-state index contributed by atoms with van der Waals surface area (Å²) in [6.07, 6.45) is 30.2.